The van der Waals surface area contributed by atoms with Gasteiger partial charge in [-0.3, -0.25) is 4.98 Å². The van der Waals surface area contributed by atoms with E-state index in [1.165, 1.54) is 25.0 Å². The topological polar surface area (TPSA) is 34.1 Å². The molecule has 0 saturated heterocycles. The van der Waals surface area contributed by atoms with Gasteiger partial charge >= 0.3 is 0 Å². The molecule has 3 nitrogen and oxygen atoms in total. The van der Waals surface area contributed by atoms with Crippen molar-refractivity contribution in [2.45, 2.75) is 32.0 Å². The lowest BCUT2D eigenvalue weighted by Gasteiger charge is -2.08. The number of hydrogen-bond acceptors (Lipinski definition) is 3. The number of rotatable bonds is 6. The summed E-state index contributed by atoms with van der Waals surface area (Å²) in [4.78, 5) is 4.35. The van der Waals surface area contributed by atoms with Crippen LogP contribution >= 0.6 is 15.9 Å². The van der Waals surface area contributed by atoms with Gasteiger partial charge < -0.3 is 10.1 Å². The SMILES string of the molecule is Fc1cc(Br)cc(COc2ccc(CNC3CC3)nc2)c1. The van der Waals surface area contributed by atoms with E-state index in [4.69, 9.17) is 4.74 Å². The first-order valence-electron chi connectivity index (χ1n) is 6.95. The Bertz CT molecular complexity index is 594. The van der Waals surface area contributed by atoms with E-state index >= 15 is 0 Å². The minimum Gasteiger partial charge on any atom is -0.487 e. The number of ether oxygens (including phenoxy) is 1. The first-order chi connectivity index (χ1) is 10.2. The Hall–Kier alpha value is -1.46. The fourth-order valence-corrected chi connectivity index (χ4v) is 2.51. The van der Waals surface area contributed by atoms with Gasteiger partial charge in [-0.2, -0.15) is 0 Å². The lowest BCUT2D eigenvalue weighted by molar-refractivity contribution is 0.304. The average molecular weight is 351 g/mol. The van der Waals surface area contributed by atoms with Crippen LogP contribution in [0.3, 0.4) is 0 Å². The van der Waals surface area contributed by atoms with Gasteiger partial charge in [0.15, 0.2) is 0 Å². The van der Waals surface area contributed by atoms with Crippen LogP contribution in [-0.4, -0.2) is 11.0 Å². The highest BCUT2D eigenvalue weighted by atomic mass is 79.9. The van der Waals surface area contributed by atoms with Crippen LogP contribution in [-0.2, 0) is 13.2 Å². The molecule has 1 heterocycles. The molecule has 3 rings (SSSR count). The van der Waals surface area contributed by atoms with Gasteiger partial charge in [0.1, 0.15) is 18.2 Å². The van der Waals surface area contributed by atoms with Gasteiger partial charge in [0, 0.05) is 17.1 Å². The van der Waals surface area contributed by atoms with Crippen LogP contribution in [0.4, 0.5) is 4.39 Å². The highest BCUT2D eigenvalue weighted by molar-refractivity contribution is 9.10. The molecule has 5 heteroatoms. The van der Waals surface area contributed by atoms with Gasteiger partial charge in [-0.1, -0.05) is 15.9 Å². The predicted octanol–water partition coefficient (Wildman–Crippen LogP) is 3.81. The molecule has 0 unspecified atom stereocenters. The maximum atomic E-state index is 13.3. The van der Waals surface area contributed by atoms with E-state index in [-0.39, 0.29) is 5.82 Å². The van der Waals surface area contributed by atoms with Gasteiger partial charge in [0.2, 0.25) is 0 Å². The van der Waals surface area contributed by atoms with E-state index in [2.05, 4.69) is 26.2 Å². The number of pyridine rings is 1. The average Bonchev–Trinajstić information content (AvgIpc) is 3.27. The summed E-state index contributed by atoms with van der Waals surface area (Å²) in [5.74, 6) is 0.410. The molecule has 1 aliphatic rings. The van der Waals surface area contributed by atoms with Crippen molar-refractivity contribution < 1.29 is 9.13 Å². The maximum absolute atomic E-state index is 13.3. The highest BCUT2D eigenvalue weighted by Crippen LogP contribution is 2.20. The standard InChI is InChI=1S/C16H16BrFN2O/c17-12-5-11(6-13(18)7-12)10-21-16-4-3-15(20-9-16)8-19-14-1-2-14/h3-7,9,14,19H,1-2,8,10H2. The molecule has 0 amide bonds. The van der Waals surface area contributed by atoms with Crippen LogP contribution < -0.4 is 10.1 Å². The third-order valence-electron chi connectivity index (χ3n) is 3.27. The molecule has 1 fully saturated rings. The van der Waals surface area contributed by atoms with Gasteiger partial charge in [0.05, 0.1) is 11.9 Å². The smallest absolute Gasteiger partial charge is 0.138 e. The predicted molar refractivity (Wildman–Crippen MR) is 82.5 cm³/mol. The zero-order chi connectivity index (χ0) is 14.7. The molecule has 1 aliphatic carbocycles. The summed E-state index contributed by atoms with van der Waals surface area (Å²) in [5.41, 5.74) is 1.78. The van der Waals surface area contributed by atoms with Crippen molar-refractivity contribution in [1.82, 2.24) is 10.3 Å². The molecule has 2 aromatic rings. The van der Waals surface area contributed by atoms with Crippen LogP contribution in [0.25, 0.3) is 0 Å². The van der Waals surface area contributed by atoms with Crippen LogP contribution in [0, 0.1) is 5.82 Å². The first-order valence-corrected chi connectivity index (χ1v) is 7.74. The van der Waals surface area contributed by atoms with Crippen molar-refractivity contribution in [3.8, 4) is 5.75 Å². The molecule has 0 radical (unpaired) electrons. The summed E-state index contributed by atoms with van der Waals surface area (Å²) < 4.78 is 19.6. The molecular formula is C16H16BrFN2O. The van der Waals surface area contributed by atoms with Gasteiger partial charge in [-0.05, 0) is 48.7 Å². The van der Waals surface area contributed by atoms with Crippen molar-refractivity contribution in [3.63, 3.8) is 0 Å². The minimum atomic E-state index is -0.275. The Morgan fingerprint density at radius 2 is 2.14 bits per heavy atom. The number of aromatic nitrogens is 1. The largest absolute Gasteiger partial charge is 0.487 e. The number of nitrogens with one attached hydrogen (secondary N) is 1. The quantitative estimate of drug-likeness (QED) is 0.859. The van der Waals surface area contributed by atoms with E-state index in [9.17, 15) is 4.39 Å². The molecule has 0 bridgehead atoms. The van der Waals surface area contributed by atoms with Crippen LogP contribution in [0.5, 0.6) is 5.75 Å². The minimum absolute atomic E-state index is 0.275. The van der Waals surface area contributed by atoms with Gasteiger partial charge in [-0.15, -0.1) is 0 Å². The third-order valence-corrected chi connectivity index (χ3v) is 3.73. The molecule has 1 N–H and O–H groups in total. The molecule has 1 saturated carbocycles. The summed E-state index contributed by atoms with van der Waals surface area (Å²) in [5, 5.41) is 3.41. The summed E-state index contributed by atoms with van der Waals surface area (Å²) in [6, 6.07) is 9.25. The second-order valence-electron chi connectivity index (χ2n) is 5.21. The van der Waals surface area contributed by atoms with Crippen molar-refractivity contribution in [3.05, 3.63) is 58.1 Å². The Kier molecular flexibility index (Phi) is 4.51. The molecule has 0 atom stereocenters. The van der Waals surface area contributed by atoms with Crippen LogP contribution in [0.1, 0.15) is 24.1 Å². The normalized spacial score (nSPS) is 14.2. The molecule has 1 aromatic carbocycles. The summed E-state index contributed by atoms with van der Waals surface area (Å²) in [6.45, 7) is 1.11. The maximum Gasteiger partial charge on any atom is 0.138 e. The Morgan fingerprint density at radius 1 is 1.29 bits per heavy atom. The van der Waals surface area contributed by atoms with Crippen LogP contribution in [0.15, 0.2) is 41.0 Å². The van der Waals surface area contributed by atoms with Crippen molar-refractivity contribution >= 4 is 15.9 Å². The molecule has 0 aliphatic heterocycles. The fraction of sp³-hybridized carbons (Fsp3) is 0.312. The number of nitrogens with zero attached hydrogens (tertiary/aromatic N) is 1. The second-order valence-corrected chi connectivity index (χ2v) is 6.12. The second kappa shape index (κ2) is 6.54. The Morgan fingerprint density at radius 3 is 2.81 bits per heavy atom. The zero-order valence-electron chi connectivity index (χ0n) is 11.5. The Labute approximate surface area is 131 Å². The highest BCUT2D eigenvalue weighted by Gasteiger charge is 2.20. The van der Waals surface area contributed by atoms with E-state index in [1.54, 1.807) is 6.20 Å². The van der Waals surface area contributed by atoms with Gasteiger partial charge in [-0.25, -0.2) is 4.39 Å². The zero-order valence-corrected chi connectivity index (χ0v) is 13.1. The molecule has 0 spiro atoms. The van der Waals surface area contributed by atoms with E-state index < -0.39 is 0 Å². The summed E-state index contributed by atoms with van der Waals surface area (Å²) in [6.07, 6.45) is 4.24. The summed E-state index contributed by atoms with van der Waals surface area (Å²) in [7, 11) is 0. The Balaban J connectivity index is 1.54. The first kappa shape index (κ1) is 14.5. The van der Waals surface area contributed by atoms with Crippen molar-refractivity contribution in [1.29, 1.82) is 0 Å². The fourth-order valence-electron chi connectivity index (χ4n) is 2.00. The van der Waals surface area contributed by atoms with E-state index in [0.717, 1.165) is 17.8 Å². The number of halogens is 2. The molecule has 1 aromatic heterocycles. The van der Waals surface area contributed by atoms with E-state index in [0.29, 0.717) is 22.9 Å². The molecule has 21 heavy (non-hydrogen) atoms. The molecule has 110 valence electrons. The molecular weight excluding hydrogens is 335 g/mol. The lowest BCUT2D eigenvalue weighted by Crippen LogP contribution is -2.16. The number of hydrogen-bond donors (Lipinski definition) is 1. The van der Waals surface area contributed by atoms with Crippen molar-refractivity contribution in [2.75, 3.05) is 0 Å². The number of benzene rings is 1. The van der Waals surface area contributed by atoms with Gasteiger partial charge in [0.25, 0.3) is 0 Å². The lowest BCUT2D eigenvalue weighted by atomic mass is 10.2. The third kappa shape index (κ3) is 4.51. The monoisotopic (exact) mass is 350 g/mol. The van der Waals surface area contributed by atoms with Crippen LogP contribution in [0.2, 0.25) is 0 Å². The van der Waals surface area contributed by atoms with E-state index in [1.807, 2.05) is 18.2 Å². The van der Waals surface area contributed by atoms with Crippen molar-refractivity contribution in [2.24, 2.45) is 0 Å². The summed E-state index contributed by atoms with van der Waals surface area (Å²) >= 11 is 3.27.